The maximum Gasteiger partial charge on any atom is 0.333 e. The number of esters is 4. The fourth-order valence-electron chi connectivity index (χ4n) is 1.02. The van der Waals surface area contributed by atoms with Crippen molar-refractivity contribution in [2.75, 3.05) is 0 Å². The summed E-state index contributed by atoms with van der Waals surface area (Å²) in [5.41, 5.74) is 0. The molecule has 128 valence electrons. The smallest absolute Gasteiger partial charge is 0.333 e. The van der Waals surface area contributed by atoms with Gasteiger partial charge in [-0.1, -0.05) is 0 Å². The average Bonchev–Trinajstić information content (AvgIpc) is 2.36. The number of carbonyl (C=O) groups is 6. The minimum absolute atomic E-state index is 1.04. The molecule has 12 heteroatoms. The number of rotatable bonds is 8. The first kappa shape index (κ1) is 20.1. The molecule has 0 aliphatic carbocycles. The van der Waals surface area contributed by atoms with Gasteiger partial charge in [0.25, 0.3) is 0 Å². The normalized spacial score (nSPS) is 12.6. The molecule has 0 aliphatic rings. The molecule has 2 unspecified atom stereocenters. The third-order valence-electron chi connectivity index (χ3n) is 2.03. The quantitative estimate of drug-likeness (QED) is 0.262. The number of ether oxygens (including phenoxy) is 2. The molecule has 0 radical (unpaired) electrons. The molecular weight excluding hydrogens is 324 g/mol. The molecule has 0 aromatic heterocycles. The van der Waals surface area contributed by atoms with Gasteiger partial charge in [-0.15, -0.1) is 0 Å². The molecule has 0 bridgehead atoms. The van der Waals surface area contributed by atoms with Gasteiger partial charge in [0.1, 0.15) is 6.42 Å². The molecule has 0 saturated carbocycles. The number of carboxylic acid groups (broad SMARTS) is 2. The molecule has 0 fully saturated rings. The van der Waals surface area contributed by atoms with E-state index in [0.717, 1.165) is 0 Å². The molecule has 0 heterocycles. The minimum atomic E-state index is -2.10. The van der Waals surface area contributed by atoms with Gasteiger partial charge in [0, 0.05) is 0 Å². The van der Waals surface area contributed by atoms with Gasteiger partial charge >= 0.3 is 35.8 Å². The zero-order valence-electron chi connectivity index (χ0n) is 11.3. The zero-order chi connectivity index (χ0) is 18.2. The van der Waals surface area contributed by atoms with Crippen LogP contribution in [0, 0.1) is 0 Å². The first-order chi connectivity index (χ1) is 10.5. The summed E-state index contributed by atoms with van der Waals surface area (Å²) < 4.78 is 7.97. The van der Waals surface area contributed by atoms with Crippen LogP contribution < -0.4 is 0 Å². The summed E-state index contributed by atoms with van der Waals surface area (Å²) in [6, 6.07) is 0. The lowest BCUT2D eigenvalue weighted by Crippen LogP contribution is -2.28. The Morgan fingerprint density at radius 3 is 1.22 bits per heavy atom. The van der Waals surface area contributed by atoms with Crippen molar-refractivity contribution < 1.29 is 58.7 Å². The number of hydrogen-bond acceptors (Lipinski definition) is 10. The Bertz CT molecular complexity index is 475. The standard InChI is InChI=1S/C11H12O12/c12-4(10(18)19)1-6(14)22-8(16)3-9(17)23-7(15)2-5(13)11(20)21/h4-5,12-13H,1-3H2,(H,18,19)(H,20,21). The summed E-state index contributed by atoms with van der Waals surface area (Å²) in [5.74, 6) is -9.27. The van der Waals surface area contributed by atoms with Crippen molar-refractivity contribution in [1.82, 2.24) is 0 Å². The van der Waals surface area contributed by atoms with E-state index in [1.165, 1.54) is 0 Å². The predicted molar refractivity (Wildman–Crippen MR) is 63.3 cm³/mol. The van der Waals surface area contributed by atoms with E-state index in [4.69, 9.17) is 20.4 Å². The topological polar surface area (TPSA) is 202 Å². The van der Waals surface area contributed by atoms with Crippen LogP contribution in [0.15, 0.2) is 0 Å². The first-order valence-corrected chi connectivity index (χ1v) is 5.81. The molecular formula is C11H12O12. The highest BCUT2D eigenvalue weighted by atomic mass is 16.6. The summed E-state index contributed by atoms with van der Waals surface area (Å²) in [6.45, 7) is 0. The van der Waals surface area contributed by atoms with Gasteiger partial charge in [-0.3, -0.25) is 19.2 Å². The second-order valence-electron chi connectivity index (χ2n) is 3.99. The van der Waals surface area contributed by atoms with E-state index in [9.17, 15) is 28.8 Å². The Kier molecular flexibility index (Phi) is 8.07. The fraction of sp³-hybridized carbons (Fsp3) is 0.455. The van der Waals surface area contributed by atoms with Gasteiger partial charge in [-0.25, -0.2) is 9.59 Å². The van der Waals surface area contributed by atoms with Crippen LogP contribution in [-0.4, -0.2) is 68.4 Å². The molecule has 0 rings (SSSR count). The maximum absolute atomic E-state index is 11.1. The molecule has 0 aromatic rings. The van der Waals surface area contributed by atoms with Crippen molar-refractivity contribution in [3.05, 3.63) is 0 Å². The van der Waals surface area contributed by atoms with Crippen LogP contribution in [0.1, 0.15) is 19.3 Å². The SMILES string of the molecule is O=C(CC(=O)OC(=O)CC(O)C(=O)O)OC(=O)CC(O)C(=O)O. The molecule has 0 amide bonds. The van der Waals surface area contributed by atoms with Gasteiger partial charge in [0.15, 0.2) is 12.2 Å². The van der Waals surface area contributed by atoms with E-state index < -0.39 is 67.3 Å². The summed E-state index contributed by atoms with van der Waals surface area (Å²) >= 11 is 0. The van der Waals surface area contributed by atoms with E-state index in [1.807, 2.05) is 0 Å². The van der Waals surface area contributed by atoms with E-state index >= 15 is 0 Å². The average molecular weight is 336 g/mol. The van der Waals surface area contributed by atoms with Gasteiger partial charge in [-0.05, 0) is 0 Å². The number of aliphatic hydroxyl groups is 2. The molecule has 0 spiro atoms. The van der Waals surface area contributed by atoms with Crippen molar-refractivity contribution in [3.8, 4) is 0 Å². The Balaban J connectivity index is 4.22. The molecule has 12 nitrogen and oxygen atoms in total. The lowest BCUT2D eigenvalue weighted by molar-refractivity contribution is -0.169. The second-order valence-corrected chi connectivity index (χ2v) is 3.99. The second kappa shape index (κ2) is 9.22. The molecule has 4 N–H and O–H groups in total. The van der Waals surface area contributed by atoms with Crippen LogP contribution in [0.5, 0.6) is 0 Å². The Hall–Kier alpha value is -2.86. The molecule has 0 aliphatic heterocycles. The van der Waals surface area contributed by atoms with E-state index in [2.05, 4.69) is 9.47 Å². The number of carbonyl (C=O) groups excluding carboxylic acids is 4. The van der Waals surface area contributed by atoms with Crippen molar-refractivity contribution in [1.29, 1.82) is 0 Å². The van der Waals surface area contributed by atoms with Crippen molar-refractivity contribution in [3.63, 3.8) is 0 Å². The Morgan fingerprint density at radius 1 is 0.652 bits per heavy atom. The van der Waals surface area contributed by atoms with Crippen molar-refractivity contribution in [2.24, 2.45) is 0 Å². The number of aliphatic carboxylic acids is 2. The number of carboxylic acids is 2. The highest BCUT2D eigenvalue weighted by molar-refractivity contribution is 6.00. The van der Waals surface area contributed by atoms with Crippen LogP contribution in [0.25, 0.3) is 0 Å². The van der Waals surface area contributed by atoms with Crippen LogP contribution in [0.2, 0.25) is 0 Å². The van der Waals surface area contributed by atoms with Crippen LogP contribution in [0.4, 0.5) is 0 Å². The first-order valence-electron chi connectivity index (χ1n) is 5.81. The van der Waals surface area contributed by atoms with Crippen molar-refractivity contribution in [2.45, 2.75) is 31.5 Å². The molecule has 0 saturated heterocycles. The maximum atomic E-state index is 11.1. The molecule has 23 heavy (non-hydrogen) atoms. The lowest BCUT2D eigenvalue weighted by Gasteiger charge is -2.06. The van der Waals surface area contributed by atoms with E-state index in [0.29, 0.717) is 0 Å². The molecule has 2 atom stereocenters. The van der Waals surface area contributed by atoms with Crippen LogP contribution in [0.3, 0.4) is 0 Å². The lowest BCUT2D eigenvalue weighted by atomic mass is 10.2. The number of aliphatic hydroxyl groups excluding tert-OH is 2. The van der Waals surface area contributed by atoms with Gasteiger partial charge in [0.05, 0.1) is 12.8 Å². The predicted octanol–water partition coefficient (Wildman–Crippen LogP) is -2.81. The highest BCUT2D eigenvalue weighted by Gasteiger charge is 2.25. The van der Waals surface area contributed by atoms with Gasteiger partial charge in [0.2, 0.25) is 0 Å². The minimum Gasteiger partial charge on any atom is -0.479 e. The largest absolute Gasteiger partial charge is 0.479 e. The fourth-order valence-corrected chi connectivity index (χ4v) is 1.02. The van der Waals surface area contributed by atoms with Crippen LogP contribution in [-0.2, 0) is 38.2 Å². The highest BCUT2D eigenvalue weighted by Crippen LogP contribution is 2.00. The monoisotopic (exact) mass is 336 g/mol. The van der Waals surface area contributed by atoms with E-state index in [1.54, 1.807) is 0 Å². The molecule has 0 aromatic carbocycles. The van der Waals surface area contributed by atoms with Gasteiger partial charge < -0.3 is 29.9 Å². The van der Waals surface area contributed by atoms with E-state index in [-0.39, 0.29) is 0 Å². The Morgan fingerprint density at radius 2 is 0.957 bits per heavy atom. The Labute approximate surface area is 127 Å². The summed E-state index contributed by atoms with van der Waals surface area (Å²) in [7, 11) is 0. The summed E-state index contributed by atoms with van der Waals surface area (Å²) in [6.07, 6.45) is -7.48. The summed E-state index contributed by atoms with van der Waals surface area (Å²) in [5, 5.41) is 34.2. The summed E-state index contributed by atoms with van der Waals surface area (Å²) in [4.78, 5) is 64.7. The zero-order valence-corrected chi connectivity index (χ0v) is 11.3. The van der Waals surface area contributed by atoms with Crippen molar-refractivity contribution >= 4 is 35.8 Å². The third-order valence-corrected chi connectivity index (χ3v) is 2.03. The number of hydrogen-bond donors (Lipinski definition) is 4. The third kappa shape index (κ3) is 8.90. The van der Waals surface area contributed by atoms with Gasteiger partial charge in [-0.2, -0.15) is 0 Å². The van der Waals surface area contributed by atoms with Crippen LogP contribution >= 0.6 is 0 Å².